The fourth-order valence-electron chi connectivity index (χ4n) is 3.76. The molecule has 4 rings (SSSR count). The molecule has 0 saturated heterocycles. The molecule has 1 aliphatic carbocycles. The Morgan fingerprint density at radius 3 is 2.41 bits per heavy atom. The van der Waals surface area contributed by atoms with Gasteiger partial charge in [0.05, 0.1) is 0 Å². The van der Waals surface area contributed by atoms with Gasteiger partial charge in [0, 0.05) is 22.7 Å². The number of benzene rings is 2. The van der Waals surface area contributed by atoms with Gasteiger partial charge in [-0.15, -0.1) is 11.3 Å². The number of thiazole rings is 1. The van der Waals surface area contributed by atoms with Crippen LogP contribution in [0.15, 0.2) is 54.7 Å². The van der Waals surface area contributed by atoms with Crippen molar-refractivity contribution in [2.45, 2.75) is 24.1 Å². The molecule has 0 spiro atoms. The molecule has 32 heavy (non-hydrogen) atoms. The van der Waals surface area contributed by atoms with Gasteiger partial charge >= 0.3 is 12.1 Å². The molecule has 9 heteroatoms. The first-order valence-corrected chi connectivity index (χ1v) is 12.4. The van der Waals surface area contributed by atoms with Gasteiger partial charge in [0.15, 0.2) is 4.47 Å². The van der Waals surface area contributed by atoms with Gasteiger partial charge < -0.3 is 15.2 Å². The van der Waals surface area contributed by atoms with Crippen LogP contribution in [-0.4, -0.2) is 40.6 Å². The zero-order chi connectivity index (χ0) is 22.5. The second-order valence-corrected chi connectivity index (χ2v) is 10.1. The molecule has 1 atom stereocenters. The number of carbonyl (C=O) groups is 2. The zero-order valence-corrected chi connectivity index (χ0v) is 19.4. The van der Waals surface area contributed by atoms with Crippen LogP contribution >= 0.6 is 34.7 Å². The first kappa shape index (κ1) is 22.6. The molecular formula is C23H21ClN2O4S2. The third-order valence-electron chi connectivity index (χ3n) is 5.25. The number of aliphatic carboxylic acids is 1. The lowest BCUT2D eigenvalue weighted by Crippen LogP contribution is -2.41. The SMILES string of the molecule is O=C(NC(CCSCc1cnc(Cl)s1)C(=O)O)OCC1c2ccccc2-c2ccccc21. The zero-order valence-electron chi connectivity index (χ0n) is 17.0. The average Bonchev–Trinajstić information content (AvgIpc) is 3.35. The number of hydrogen-bond acceptors (Lipinski definition) is 6. The van der Waals surface area contributed by atoms with Crippen LogP contribution in [0.25, 0.3) is 11.1 Å². The van der Waals surface area contributed by atoms with E-state index < -0.39 is 18.1 Å². The summed E-state index contributed by atoms with van der Waals surface area (Å²) in [4.78, 5) is 29.0. The molecule has 1 amide bonds. The molecule has 2 N–H and O–H groups in total. The van der Waals surface area contributed by atoms with Gasteiger partial charge in [-0.2, -0.15) is 11.8 Å². The Hall–Kier alpha value is -2.55. The molecule has 0 bridgehead atoms. The van der Waals surface area contributed by atoms with Crippen molar-refractivity contribution in [2.75, 3.05) is 12.4 Å². The summed E-state index contributed by atoms with van der Waals surface area (Å²) >= 11 is 8.78. The molecule has 2 aromatic carbocycles. The summed E-state index contributed by atoms with van der Waals surface area (Å²) in [7, 11) is 0. The molecule has 0 saturated carbocycles. The molecule has 6 nitrogen and oxygen atoms in total. The third-order valence-corrected chi connectivity index (χ3v) is 7.59. The first-order valence-electron chi connectivity index (χ1n) is 10.0. The van der Waals surface area contributed by atoms with Crippen LogP contribution in [0.2, 0.25) is 4.47 Å². The van der Waals surface area contributed by atoms with Crippen LogP contribution < -0.4 is 5.32 Å². The maximum Gasteiger partial charge on any atom is 0.407 e. The van der Waals surface area contributed by atoms with Gasteiger partial charge in [-0.25, -0.2) is 14.6 Å². The summed E-state index contributed by atoms with van der Waals surface area (Å²) in [5, 5.41) is 12.0. The molecule has 1 aliphatic rings. The van der Waals surface area contributed by atoms with Crippen LogP contribution in [0, 0.1) is 0 Å². The summed E-state index contributed by atoms with van der Waals surface area (Å²) in [6.45, 7) is 0.146. The van der Waals surface area contributed by atoms with E-state index >= 15 is 0 Å². The lowest BCUT2D eigenvalue weighted by Gasteiger charge is -2.17. The number of thioether (sulfide) groups is 1. The van der Waals surface area contributed by atoms with Crippen molar-refractivity contribution >= 4 is 46.8 Å². The summed E-state index contributed by atoms with van der Waals surface area (Å²) in [5.41, 5.74) is 4.49. The summed E-state index contributed by atoms with van der Waals surface area (Å²) in [5.74, 6) is 0.107. The minimum atomic E-state index is -1.08. The van der Waals surface area contributed by atoms with Crippen molar-refractivity contribution in [2.24, 2.45) is 0 Å². The summed E-state index contributed by atoms with van der Waals surface area (Å²) < 4.78 is 5.94. The Morgan fingerprint density at radius 1 is 1.16 bits per heavy atom. The van der Waals surface area contributed by atoms with Gasteiger partial charge in [0.1, 0.15) is 12.6 Å². The van der Waals surface area contributed by atoms with Crippen molar-refractivity contribution < 1.29 is 19.4 Å². The Labute approximate surface area is 199 Å². The number of nitrogens with zero attached hydrogens (tertiary/aromatic N) is 1. The number of amides is 1. The van der Waals surface area contributed by atoms with Crippen molar-refractivity contribution in [3.05, 3.63) is 75.2 Å². The van der Waals surface area contributed by atoms with Gasteiger partial charge in [-0.1, -0.05) is 60.1 Å². The third kappa shape index (κ3) is 5.26. The Morgan fingerprint density at radius 2 is 1.81 bits per heavy atom. The molecule has 0 fully saturated rings. The summed E-state index contributed by atoms with van der Waals surface area (Å²) in [6.07, 6.45) is 1.28. The lowest BCUT2D eigenvalue weighted by atomic mass is 9.98. The topological polar surface area (TPSA) is 88.5 Å². The van der Waals surface area contributed by atoms with Crippen LogP contribution in [0.5, 0.6) is 0 Å². The van der Waals surface area contributed by atoms with E-state index in [-0.39, 0.29) is 18.9 Å². The quantitative estimate of drug-likeness (QED) is 0.391. The van der Waals surface area contributed by atoms with Crippen molar-refractivity contribution in [1.29, 1.82) is 0 Å². The second kappa shape index (κ2) is 10.4. The van der Waals surface area contributed by atoms with E-state index in [1.165, 1.54) is 11.3 Å². The largest absolute Gasteiger partial charge is 0.480 e. The molecule has 3 aromatic rings. The number of carbonyl (C=O) groups excluding carboxylic acids is 1. The summed E-state index contributed by atoms with van der Waals surface area (Å²) in [6, 6.07) is 15.1. The number of carboxylic acids is 1. The fraction of sp³-hybridized carbons (Fsp3) is 0.261. The standard InChI is InChI=1S/C23H21ClN2O4S2/c24-22-25-11-14(32-22)13-31-10-9-20(21(27)28)26-23(29)30-12-19-17-7-3-1-5-15(17)16-6-2-4-8-18(16)19/h1-8,11,19-20H,9-10,12-13H2,(H,26,29)(H,27,28). The average molecular weight is 489 g/mol. The predicted molar refractivity (Wildman–Crippen MR) is 128 cm³/mol. The highest BCUT2D eigenvalue weighted by Gasteiger charge is 2.29. The Kier molecular flexibility index (Phi) is 7.34. The molecule has 166 valence electrons. The minimum Gasteiger partial charge on any atom is -0.480 e. The van der Waals surface area contributed by atoms with Crippen molar-refractivity contribution in [1.82, 2.24) is 10.3 Å². The van der Waals surface area contributed by atoms with Gasteiger partial charge in [0.25, 0.3) is 0 Å². The van der Waals surface area contributed by atoms with E-state index in [0.717, 1.165) is 27.1 Å². The van der Waals surface area contributed by atoms with Crippen LogP contribution in [0.1, 0.15) is 28.3 Å². The van der Waals surface area contributed by atoms with Crippen molar-refractivity contribution in [3.8, 4) is 11.1 Å². The van der Waals surface area contributed by atoms with E-state index in [9.17, 15) is 14.7 Å². The number of alkyl carbamates (subject to hydrolysis) is 1. The van der Waals surface area contributed by atoms with E-state index in [4.69, 9.17) is 16.3 Å². The normalized spacial score (nSPS) is 13.3. The molecule has 1 heterocycles. The second-order valence-electron chi connectivity index (χ2n) is 7.28. The number of ether oxygens (including phenoxy) is 1. The van der Waals surface area contributed by atoms with Crippen LogP contribution in [0.3, 0.4) is 0 Å². The predicted octanol–water partition coefficient (Wildman–Crippen LogP) is 5.41. The number of nitrogens with one attached hydrogen (secondary N) is 1. The monoisotopic (exact) mass is 488 g/mol. The van der Waals surface area contributed by atoms with Gasteiger partial charge in [0.2, 0.25) is 0 Å². The smallest absolute Gasteiger partial charge is 0.407 e. The maximum atomic E-state index is 12.4. The van der Waals surface area contributed by atoms with Crippen molar-refractivity contribution in [3.63, 3.8) is 0 Å². The number of fused-ring (bicyclic) bond motifs is 3. The molecule has 0 aliphatic heterocycles. The number of aromatic nitrogens is 1. The number of halogens is 1. The Balaban J connectivity index is 1.30. The molecular weight excluding hydrogens is 468 g/mol. The fourth-order valence-corrected chi connectivity index (χ4v) is 5.85. The highest BCUT2D eigenvalue weighted by molar-refractivity contribution is 7.98. The Bertz CT molecular complexity index is 1080. The molecule has 0 radical (unpaired) electrons. The number of hydrogen-bond donors (Lipinski definition) is 2. The minimum absolute atomic E-state index is 0.0711. The maximum absolute atomic E-state index is 12.4. The van der Waals surface area contributed by atoms with E-state index in [1.54, 1.807) is 18.0 Å². The van der Waals surface area contributed by atoms with E-state index in [2.05, 4.69) is 22.4 Å². The van der Waals surface area contributed by atoms with Gasteiger partial charge in [-0.05, 0) is 34.4 Å². The van der Waals surface area contributed by atoms with Crippen LogP contribution in [-0.2, 0) is 15.3 Å². The number of rotatable bonds is 9. The molecule has 1 unspecified atom stereocenters. The lowest BCUT2D eigenvalue weighted by molar-refractivity contribution is -0.139. The first-order chi connectivity index (χ1) is 15.5. The van der Waals surface area contributed by atoms with Crippen LogP contribution in [0.4, 0.5) is 4.79 Å². The van der Waals surface area contributed by atoms with E-state index in [1.807, 2.05) is 36.4 Å². The van der Waals surface area contributed by atoms with Gasteiger partial charge in [-0.3, -0.25) is 0 Å². The van der Waals surface area contributed by atoms with E-state index in [0.29, 0.717) is 16.0 Å². The highest BCUT2D eigenvalue weighted by atomic mass is 35.5. The molecule has 1 aromatic heterocycles. The number of carboxylic acid groups (broad SMARTS) is 1. The highest BCUT2D eigenvalue weighted by Crippen LogP contribution is 2.44.